The Morgan fingerprint density at radius 2 is 1.81 bits per heavy atom. The molecule has 4 aromatic rings. The minimum atomic E-state index is 0.0155. The van der Waals surface area contributed by atoms with E-state index in [0.29, 0.717) is 24.6 Å². The number of unbranched alkanes of at least 4 members (excludes halogenated alkanes) is 1. The Morgan fingerprint density at radius 1 is 1.00 bits per heavy atom. The van der Waals surface area contributed by atoms with Crippen molar-refractivity contribution in [3.8, 4) is 5.75 Å². The Labute approximate surface area is 222 Å². The first kappa shape index (κ1) is 26.1. The number of aromatic nitrogens is 2. The molecule has 5 nitrogen and oxygen atoms in total. The Hall–Kier alpha value is -3.02. The fourth-order valence-electron chi connectivity index (χ4n) is 4.16. The molecule has 1 aromatic heterocycles. The molecule has 188 valence electrons. The number of carbonyl (C=O) groups is 1. The van der Waals surface area contributed by atoms with Crippen molar-refractivity contribution in [1.82, 2.24) is 14.9 Å². The van der Waals surface area contributed by atoms with Crippen molar-refractivity contribution in [3.05, 3.63) is 93.7 Å². The lowest BCUT2D eigenvalue weighted by Crippen LogP contribution is -2.26. The second kappa shape index (κ2) is 12.8. The maximum atomic E-state index is 12.3. The number of hydrogen-bond acceptors (Lipinski definition) is 3. The van der Waals surface area contributed by atoms with E-state index >= 15 is 0 Å². The number of imidazole rings is 1. The van der Waals surface area contributed by atoms with E-state index in [1.807, 2.05) is 49.4 Å². The molecule has 0 fully saturated rings. The lowest BCUT2D eigenvalue weighted by molar-refractivity contribution is -0.120. The SMILES string of the molecule is Cc1cc(OCCCCn2c(CCCNC(=O)Cc3ccc(Cl)cc3)nc3ccccc32)ccc1Cl. The van der Waals surface area contributed by atoms with Gasteiger partial charge in [0.1, 0.15) is 11.6 Å². The summed E-state index contributed by atoms with van der Waals surface area (Å²) >= 11 is 12.0. The number of hydrogen-bond donors (Lipinski definition) is 1. The van der Waals surface area contributed by atoms with Gasteiger partial charge < -0.3 is 14.6 Å². The first-order valence-corrected chi connectivity index (χ1v) is 13.1. The van der Waals surface area contributed by atoms with Crippen LogP contribution >= 0.6 is 23.2 Å². The fraction of sp³-hybridized carbons (Fsp3) is 0.310. The molecule has 0 aliphatic rings. The molecule has 0 aliphatic heterocycles. The van der Waals surface area contributed by atoms with E-state index < -0.39 is 0 Å². The minimum absolute atomic E-state index is 0.0155. The third-order valence-corrected chi connectivity index (χ3v) is 6.76. The number of aryl methyl sites for hydroxylation is 3. The highest BCUT2D eigenvalue weighted by Crippen LogP contribution is 2.22. The molecule has 4 rings (SSSR count). The van der Waals surface area contributed by atoms with Gasteiger partial charge in [0, 0.05) is 29.6 Å². The van der Waals surface area contributed by atoms with Crippen LogP contribution in [-0.2, 0) is 24.2 Å². The van der Waals surface area contributed by atoms with Gasteiger partial charge in [0.15, 0.2) is 0 Å². The zero-order valence-corrected chi connectivity index (χ0v) is 22.0. The van der Waals surface area contributed by atoms with Gasteiger partial charge in [-0.2, -0.15) is 0 Å². The molecule has 3 aromatic carbocycles. The lowest BCUT2D eigenvalue weighted by Gasteiger charge is -2.11. The zero-order chi connectivity index (χ0) is 25.3. The number of fused-ring (bicyclic) bond motifs is 1. The van der Waals surface area contributed by atoms with Crippen LogP contribution in [0.4, 0.5) is 0 Å². The van der Waals surface area contributed by atoms with Crippen molar-refractivity contribution in [2.24, 2.45) is 0 Å². The molecule has 0 aliphatic carbocycles. The average Bonchev–Trinajstić information content (AvgIpc) is 3.22. The number of carbonyl (C=O) groups excluding carboxylic acids is 1. The molecule has 1 heterocycles. The Morgan fingerprint density at radius 3 is 2.61 bits per heavy atom. The third-order valence-electron chi connectivity index (χ3n) is 6.09. The lowest BCUT2D eigenvalue weighted by atomic mass is 10.1. The average molecular weight is 524 g/mol. The summed E-state index contributed by atoms with van der Waals surface area (Å²) in [5, 5.41) is 4.44. The van der Waals surface area contributed by atoms with Crippen LogP contribution < -0.4 is 10.1 Å². The van der Waals surface area contributed by atoms with Gasteiger partial charge >= 0.3 is 0 Å². The molecule has 1 amide bonds. The summed E-state index contributed by atoms with van der Waals surface area (Å²) in [6.07, 6.45) is 3.91. The van der Waals surface area contributed by atoms with Crippen molar-refractivity contribution in [3.63, 3.8) is 0 Å². The third kappa shape index (κ3) is 7.25. The van der Waals surface area contributed by atoms with Gasteiger partial charge in [-0.05, 0) is 79.8 Å². The van der Waals surface area contributed by atoms with Gasteiger partial charge in [-0.15, -0.1) is 0 Å². The van der Waals surface area contributed by atoms with Gasteiger partial charge in [0.2, 0.25) is 5.91 Å². The van der Waals surface area contributed by atoms with Crippen LogP contribution in [0.3, 0.4) is 0 Å². The molecule has 0 unspecified atom stereocenters. The number of nitrogens with one attached hydrogen (secondary N) is 1. The van der Waals surface area contributed by atoms with E-state index in [-0.39, 0.29) is 5.91 Å². The van der Waals surface area contributed by atoms with Crippen molar-refractivity contribution in [2.45, 2.75) is 45.6 Å². The highest BCUT2D eigenvalue weighted by molar-refractivity contribution is 6.31. The highest BCUT2D eigenvalue weighted by atomic mass is 35.5. The van der Waals surface area contributed by atoms with Crippen LogP contribution in [-0.4, -0.2) is 28.6 Å². The number of para-hydroxylation sites is 2. The van der Waals surface area contributed by atoms with Crippen LogP contribution in [0.25, 0.3) is 11.0 Å². The molecule has 7 heteroatoms. The monoisotopic (exact) mass is 523 g/mol. The van der Waals surface area contributed by atoms with Crippen molar-refractivity contribution in [2.75, 3.05) is 13.2 Å². The molecular weight excluding hydrogens is 493 g/mol. The number of nitrogens with zero attached hydrogens (tertiary/aromatic N) is 2. The number of amides is 1. The standard InChI is InChI=1S/C29H31Cl2N3O2/c1-21-19-24(14-15-25(21)31)36-18-5-4-17-34-27-8-3-2-7-26(27)33-28(34)9-6-16-32-29(35)20-22-10-12-23(30)13-11-22/h2-3,7-8,10-15,19H,4-6,9,16-18,20H2,1H3,(H,32,35). The number of ether oxygens (including phenoxy) is 1. The number of benzene rings is 3. The largest absolute Gasteiger partial charge is 0.494 e. The van der Waals surface area contributed by atoms with Crippen molar-refractivity contribution >= 4 is 40.1 Å². The van der Waals surface area contributed by atoms with Gasteiger partial charge in [0.25, 0.3) is 0 Å². The summed E-state index contributed by atoms with van der Waals surface area (Å²) in [7, 11) is 0. The van der Waals surface area contributed by atoms with Gasteiger partial charge in [-0.1, -0.05) is 47.5 Å². The fourth-order valence-corrected chi connectivity index (χ4v) is 4.40. The molecule has 0 saturated carbocycles. The predicted molar refractivity (Wildman–Crippen MR) is 147 cm³/mol. The normalized spacial score (nSPS) is 11.1. The van der Waals surface area contributed by atoms with Crippen LogP contribution in [0, 0.1) is 6.92 Å². The van der Waals surface area contributed by atoms with E-state index in [9.17, 15) is 4.79 Å². The molecule has 36 heavy (non-hydrogen) atoms. The first-order valence-electron chi connectivity index (χ1n) is 12.3. The van der Waals surface area contributed by atoms with Crippen molar-refractivity contribution < 1.29 is 9.53 Å². The second-order valence-electron chi connectivity index (χ2n) is 8.89. The molecular formula is C29H31Cl2N3O2. The first-order chi connectivity index (χ1) is 17.5. The van der Waals surface area contributed by atoms with E-state index in [4.69, 9.17) is 32.9 Å². The molecule has 0 atom stereocenters. The summed E-state index contributed by atoms with van der Waals surface area (Å²) in [5.74, 6) is 1.92. The van der Waals surface area contributed by atoms with E-state index in [0.717, 1.165) is 71.0 Å². The Kier molecular flexibility index (Phi) is 9.26. The number of halogens is 2. The van der Waals surface area contributed by atoms with E-state index in [1.165, 1.54) is 0 Å². The quantitative estimate of drug-likeness (QED) is 0.207. The van der Waals surface area contributed by atoms with Gasteiger partial charge in [-0.3, -0.25) is 4.79 Å². The van der Waals surface area contributed by atoms with Gasteiger partial charge in [-0.25, -0.2) is 4.98 Å². The van der Waals surface area contributed by atoms with E-state index in [1.54, 1.807) is 12.1 Å². The highest BCUT2D eigenvalue weighted by Gasteiger charge is 2.11. The van der Waals surface area contributed by atoms with Crippen LogP contribution in [0.5, 0.6) is 5.75 Å². The maximum Gasteiger partial charge on any atom is 0.224 e. The molecule has 0 saturated heterocycles. The summed E-state index contributed by atoms with van der Waals surface area (Å²) in [5.41, 5.74) is 4.12. The minimum Gasteiger partial charge on any atom is -0.494 e. The summed E-state index contributed by atoms with van der Waals surface area (Å²) < 4.78 is 8.20. The number of rotatable bonds is 12. The van der Waals surface area contributed by atoms with Gasteiger partial charge in [0.05, 0.1) is 24.1 Å². The Bertz CT molecular complexity index is 1300. The molecule has 1 N–H and O–H groups in total. The van der Waals surface area contributed by atoms with E-state index in [2.05, 4.69) is 22.0 Å². The van der Waals surface area contributed by atoms with Crippen LogP contribution in [0.1, 0.15) is 36.2 Å². The molecule has 0 spiro atoms. The molecule has 0 bridgehead atoms. The Balaban J connectivity index is 1.25. The van der Waals surface area contributed by atoms with Crippen LogP contribution in [0.2, 0.25) is 10.0 Å². The van der Waals surface area contributed by atoms with Crippen LogP contribution in [0.15, 0.2) is 66.7 Å². The molecule has 0 radical (unpaired) electrons. The van der Waals surface area contributed by atoms with Crippen molar-refractivity contribution in [1.29, 1.82) is 0 Å². The maximum absolute atomic E-state index is 12.3. The summed E-state index contributed by atoms with van der Waals surface area (Å²) in [6, 6.07) is 21.4. The zero-order valence-electron chi connectivity index (χ0n) is 20.5. The smallest absolute Gasteiger partial charge is 0.224 e. The second-order valence-corrected chi connectivity index (χ2v) is 9.74. The summed E-state index contributed by atoms with van der Waals surface area (Å²) in [6.45, 7) is 4.13. The predicted octanol–water partition coefficient (Wildman–Crippen LogP) is 6.80. The summed E-state index contributed by atoms with van der Waals surface area (Å²) in [4.78, 5) is 17.1. The topological polar surface area (TPSA) is 56.1 Å².